The molecule has 0 aliphatic carbocycles. The van der Waals surface area contributed by atoms with Gasteiger partial charge >= 0.3 is 0 Å². The second kappa shape index (κ2) is 6.34. The van der Waals surface area contributed by atoms with Crippen LogP contribution in [0.2, 0.25) is 0 Å². The minimum atomic E-state index is -0.110. The lowest BCUT2D eigenvalue weighted by Gasteiger charge is -2.10. The van der Waals surface area contributed by atoms with E-state index in [1.807, 2.05) is 20.8 Å². The summed E-state index contributed by atoms with van der Waals surface area (Å²) in [6, 6.07) is 0.0739. The molecule has 6 heteroatoms. The van der Waals surface area contributed by atoms with Gasteiger partial charge < -0.3 is 11.1 Å². The summed E-state index contributed by atoms with van der Waals surface area (Å²) in [5.74, 6) is -0.0548. The van der Waals surface area contributed by atoms with Crippen molar-refractivity contribution in [3.8, 4) is 0 Å². The van der Waals surface area contributed by atoms with Gasteiger partial charge in [-0.15, -0.1) is 5.10 Å². The van der Waals surface area contributed by atoms with E-state index in [9.17, 15) is 4.79 Å². The van der Waals surface area contributed by atoms with Crippen molar-refractivity contribution >= 4 is 5.91 Å². The Bertz CT molecular complexity index is 362. The second-order valence-electron chi connectivity index (χ2n) is 4.23. The van der Waals surface area contributed by atoms with Crippen molar-refractivity contribution in [1.82, 2.24) is 20.3 Å². The summed E-state index contributed by atoms with van der Waals surface area (Å²) in [4.78, 5) is 11.6. The molecule has 0 fully saturated rings. The Hall–Kier alpha value is -1.43. The van der Waals surface area contributed by atoms with Crippen molar-refractivity contribution in [3.05, 3.63) is 11.9 Å². The van der Waals surface area contributed by atoms with Crippen LogP contribution < -0.4 is 11.1 Å². The molecule has 1 rings (SSSR count). The van der Waals surface area contributed by atoms with Crippen LogP contribution in [0.3, 0.4) is 0 Å². The average molecular weight is 239 g/mol. The monoisotopic (exact) mass is 239 g/mol. The van der Waals surface area contributed by atoms with Gasteiger partial charge in [-0.3, -0.25) is 4.79 Å². The minimum absolute atomic E-state index is 0.0548. The molecule has 6 nitrogen and oxygen atoms in total. The fraction of sp³-hybridized carbons (Fsp3) is 0.727. The first kappa shape index (κ1) is 13.6. The molecule has 0 aliphatic heterocycles. The molecule has 1 heterocycles. The number of hydrogen-bond donors (Lipinski definition) is 2. The summed E-state index contributed by atoms with van der Waals surface area (Å²) in [6.45, 7) is 6.17. The molecule has 0 saturated heterocycles. The molecule has 0 saturated carbocycles. The number of nitrogens with zero attached hydrogens (tertiary/aromatic N) is 3. The fourth-order valence-electron chi connectivity index (χ4n) is 1.34. The topological polar surface area (TPSA) is 85.8 Å². The minimum Gasteiger partial charge on any atom is -0.352 e. The maximum atomic E-state index is 11.6. The van der Waals surface area contributed by atoms with Crippen LogP contribution in [-0.2, 0) is 11.3 Å². The number of nitrogens with two attached hydrogens (primary N) is 1. The Morgan fingerprint density at radius 2 is 2.24 bits per heavy atom. The first-order valence-electron chi connectivity index (χ1n) is 6.01. The third-order valence-corrected chi connectivity index (χ3v) is 2.70. The van der Waals surface area contributed by atoms with Crippen LogP contribution in [0.15, 0.2) is 6.20 Å². The third-order valence-electron chi connectivity index (χ3n) is 2.70. The molecular formula is C11H21N5O. The van der Waals surface area contributed by atoms with Crippen molar-refractivity contribution < 1.29 is 4.79 Å². The van der Waals surface area contributed by atoms with E-state index in [1.54, 1.807) is 6.20 Å². The number of aromatic nitrogens is 3. The lowest BCUT2D eigenvalue weighted by molar-refractivity contribution is -0.122. The normalized spacial score (nSPS) is 14.4. The van der Waals surface area contributed by atoms with Crippen LogP contribution in [0.25, 0.3) is 0 Å². The summed E-state index contributed by atoms with van der Waals surface area (Å²) in [6.07, 6.45) is 3.44. The van der Waals surface area contributed by atoms with Gasteiger partial charge in [0.25, 0.3) is 0 Å². The molecule has 96 valence electrons. The molecule has 0 aliphatic rings. The van der Waals surface area contributed by atoms with Crippen molar-refractivity contribution in [2.24, 2.45) is 5.73 Å². The van der Waals surface area contributed by atoms with E-state index in [2.05, 4.69) is 15.6 Å². The molecule has 3 N–H and O–H groups in total. The van der Waals surface area contributed by atoms with Crippen molar-refractivity contribution in [2.75, 3.05) is 0 Å². The van der Waals surface area contributed by atoms with E-state index in [4.69, 9.17) is 5.73 Å². The largest absolute Gasteiger partial charge is 0.352 e. The second-order valence-corrected chi connectivity index (χ2v) is 4.23. The predicted octanol–water partition coefficient (Wildman–Crippen LogP) is 0.603. The van der Waals surface area contributed by atoms with Crippen LogP contribution in [0.1, 0.15) is 45.3 Å². The lowest BCUT2D eigenvalue weighted by Crippen LogP contribution is -2.34. The van der Waals surface area contributed by atoms with Crippen molar-refractivity contribution in [2.45, 2.75) is 52.2 Å². The molecule has 1 aromatic heterocycles. The molecule has 0 aromatic carbocycles. The number of hydrogen-bond acceptors (Lipinski definition) is 4. The summed E-state index contributed by atoms with van der Waals surface area (Å²) in [5, 5.41) is 10.7. The van der Waals surface area contributed by atoms with Gasteiger partial charge in [0.2, 0.25) is 5.91 Å². The number of nitrogens with one attached hydrogen (secondary N) is 1. The summed E-state index contributed by atoms with van der Waals surface area (Å²) in [5.41, 5.74) is 6.55. The molecule has 0 radical (unpaired) electrons. The quantitative estimate of drug-likeness (QED) is 0.761. The van der Waals surface area contributed by atoms with Gasteiger partial charge in [0.1, 0.15) is 6.54 Å². The lowest BCUT2D eigenvalue weighted by atomic mass is 10.2. The molecule has 1 amide bonds. The molecule has 17 heavy (non-hydrogen) atoms. The van der Waals surface area contributed by atoms with Crippen molar-refractivity contribution in [3.63, 3.8) is 0 Å². The molecule has 1 aromatic rings. The zero-order valence-electron chi connectivity index (χ0n) is 10.7. The molecule has 0 bridgehead atoms. The van der Waals surface area contributed by atoms with Gasteiger partial charge in [-0.25, -0.2) is 4.68 Å². The van der Waals surface area contributed by atoms with E-state index in [-0.39, 0.29) is 24.5 Å². The zero-order chi connectivity index (χ0) is 12.8. The van der Waals surface area contributed by atoms with Gasteiger partial charge in [-0.05, 0) is 19.8 Å². The van der Waals surface area contributed by atoms with Crippen LogP contribution >= 0.6 is 0 Å². The Morgan fingerprint density at radius 3 is 2.82 bits per heavy atom. The smallest absolute Gasteiger partial charge is 0.242 e. The van der Waals surface area contributed by atoms with Gasteiger partial charge in [-0.2, -0.15) is 0 Å². The SMILES string of the molecule is CCC(C)NC(=O)Cn1cc(C(N)CC)nn1. The predicted molar refractivity (Wildman–Crippen MR) is 65.1 cm³/mol. The van der Waals surface area contributed by atoms with Crippen LogP contribution in [-0.4, -0.2) is 26.9 Å². The van der Waals surface area contributed by atoms with E-state index in [0.29, 0.717) is 0 Å². The standard InChI is InChI=1S/C11H21N5O/c1-4-8(3)13-11(17)7-16-6-10(14-15-16)9(12)5-2/h6,8-9H,4-5,7,12H2,1-3H3,(H,13,17). The number of rotatable bonds is 6. The number of amides is 1. The summed E-state index contributed by atoms with van der Waals surface area (Å²) in [7, 11) is 0. The maximum Gasteiger partial charge on any atom is 0.242 e. The average Bonchev–Trinajstić information content (AvgIpc) is 2.76. The highest BCUT2D eigenvalue weighted by Crippen LogP contribution is 2.08. The fourth-order valence-corrected chi connectivity index (χ4v) is 1.34. The Labute approximate surface area is 102 Å². The summed E-state index contributed by atoms with van der Waals surface area (Å²) >= 11 is 0. The first-order chi connectivity index (χ1) is 8.06. The molecule has 0 spiro atoms. The Morgan fingerprint density at radius 1 is 1.53 bits per heavy atom. The van der Waals surface area contributed by atoms with E-state index >= 15 is 0 Å². The highest BCUT2D eigenvalue weighted by atomic mass is 16.2. The molecular weight excluding hydrogens is 218 g/mol. The van der Waals surface area contributed by atoms with Gasteiger partial charge in [-0.1, -0.05) is 19.1 Å². The van der Waals surface area contributed by atoms with Crippen molar-refractivity contribution in [1.29, 1.82) is 0 Å². The van der Waals surface area contributed by atoms with E-state index in [1.165, 1.54) is 4.68 Å². The molecule has 2 atom stereocenters. The third kappa shape index (κ3) is 4.14. The Balaban J connectivity index is 2.51. The number of carbonyl (C=O) groups excluding carboxylic acids is 1. The van der Waals surface area contributed by atoms with Crippen LogP contribution in [0.5, 0.6) is 0 Å². The highest BCUT2D eigenvalue weighted by Gasteiger charge is 2.11. The van der Waals surface area contributed by atoms with Gasteiger partial charge in [0.05, 0.1) is 17.9 Å². The van der Waals surface area contributed by atoms with E-state index < -0.39 is 0 Å². The van der Waals surface area contributed by atoms with Crippen LogP contribution in [0.4, 0.5) is 0 Å². The maximum absolute atomic E-state index is 11.6. The van der Waals surface area contributed by atoms with E-state index in [0.717, 1.165) is 18.5 Å². The Kier molecular flexibility index (Phi) is 5.09. The molecule has 2 unspecified atom stereocenters. The van der Waals surface area contributed by atoms with Crippen LogP contribution in [0, 0.1) is 0 Å². The number of carbonyl (C=O) groups is 1. The zero-order valence-corrected chi connectivity index (χ0v) is 10.7. The summed E-state index contributed by atoms with van der Waals surface area (Å²) < 4.78 is 1.52. The first-order valence-corrected chi connectivity index (χ1v) is 6.01. The van der Waals surface area contributed by atoms with Gasteiger partial charge in [0.15, 0.2) is 0 Å². The van der Waals surface area contributed by atoms with Gasteiger partial charge in [0, 0.05) is 6.04 Å². The highest BCUT2D eigenvalue weighted by molar-refractivity contribution is 5.75.